The number of anilines is 3. The molecule has 3 aliphatic rings. The number of nitrogens with zero attached hydrogens (tertiary/aromatic N) is 5. The Morgan fingerprint density at radius 2 is 2.15 bits per heavy atom. The predicted molar refractivity (Wildman–Crippen MR) is 142 cm³/mol. The zero-order chi connectivity index (χ0) is 27.4. The van der Waals surface area contributed by atoms with Crippen LogP contribution in [0.15, 0.2) is 18.3 Å². The minimum atomic E-state index is -0.447. The van der Waals surface area contributed by atoms with Crippen molar-refractivity contribution >= 4 is 35.5 Å². The van der Waals surface area contributed by atoms with Crippen LogP contribution in [0.1, 0.15) is 52.9 Å². The van der Waals surface area contributed by atoms with E-state index in [4.69, 9.17) is 9.47 Å². The lowest BCUT2D eigenvalue weighted by molar-refractivity contribution is -0.140. The number of fused-ring (bicyclic) bond motifs is 1. The van der Waals surface area contributed by atoms with Crippen molar-refractivity contribution in [2.45, 2.75) is 50.8 Å². The van der Waals surface area contributed by atoms with Crippen LogP contribution in [0.2, 0.25) is 0 Å². The van der Waals surface area contributed by atoms with Gasteiger partial charge < -0.3 is 19.7 Å². The number of amides is 3. The molecule has 2 atom stereocenters. The second kappa shape index (κ2) is 11.8. The third kappa shape index (κ3) is 5.84. The number of aldehydes is 1. The highest BCUT2D eigenvalue weighted by atomic mass is 16.5. The van der Waals surface area contributed by atoms with Gasteiger partial charge in [0.1, 0.15) is 29.5 Å². The molecule has 0 saturated carbocycles. The summed E-state index contributed by atoms with van der Waals surface area (Å²) in [6, 6.07) is 5.25. The van der Waals surface area contributed by atoms with Gasteiger partial charge in [-0.3, -0.25) is 19.8 Å². The van der Waals surface area contributed by atoms with E-state index in [2.05, 4.69) is 26.7 Å². The molecule has 0 bridgehead atoms. The number of likely N-dealkylation sites (N-methyl/N-ethyl adjacent to an activating group) is 1. The Balaban J connectivity index is 1.33. The highest BCUT2D eigenvalue weighted by Crippen LogP contribution is 2.29. The van der Waals surface area contributed by atoms with Crippen LogP contribution in [0.25, 0.3) is 0 Å². The smallest absolute Gasteiger partial charge is 0.328 e. The van der Waals surface area contributed by atoms with Crippen LogP contribution in [-0.2, 0) is 27.2 Å². The quantitative estimate of drug-likeness (QED) is 0.512. The van der Waals surface area contributed by atoms with E-state index in [1.165, 1.54) is 11.1 Å². The fourth-order valence-electron chi connectivity index (χ4n) is 5.11. The van der Waals surface area contributed by atoms with Gasteiger partial charge in [-0.05, 0) is 43.7 Å². The fourth-order valence-corrected chi connectivity index (χ4v) is 5.11. The average molecular weight is 534 g/mol. The van der Waals surface area contributed by atoms with Crippen molar-refractivity contribution in [1.29, 1.82) is 5.26 Å². The van der Waals surface area contributed by atoms with Gasteiger partial charge in [-0.25, -0.2) is 14.8 Å². The van der Waals surface area contributed by atoms with Crippen LogP contribution in [0.3, 0.4) is 0 Å². The van der Waals surface area contributed by atoms with Crippen molar-refractivity contribution in [2.75, 3.05) is 48.9 Å². The first-order valence-corrected chi connectivity index (χ1v) is 13.1. The summed E-state index contributed by atoms with van der Waals surface area (Å²) < 4.78 is 10.9. The highest BCUT2D eigenvalue weighted by Gasteiger charge is 2.29. The van der Waals surface area contributed by atoms with E-state index in [1.807, 2.05) is 6.07 Å². The molecule has 2 aromatic rings. The number of pyridine rings is 2. The molecular formula is C27H31N7O5. The summed E-state index contributed by atoms with van der Waals surface area (Å²) in [7, 11) is 1.69. The van der Waals surface area contributed by atoms with Crippen molar-refractivity contribution in [3.8, 4) is 6.07 Å². The average Bonchev–Trinajstić information content (AvgIpc) is 3.67. The number of aromatic nitrogens is 2. The molecule has 0 radical (unpaired) electrons. The van der Waals surface area contributed by atoms with Crippen LogP contribution in [0.4, 0.5) is 22.1 Å². The molecule has 2 aromatic heterocycles. The Morgan fingerprint density at radius 3 is 2.87 bits per heavy atom. The Bertz CT molecular complexity index is 1300. The third-order valence-electron chi connectivity index (χ3n) is 7.17. The normalized spacial score (nSPS) is 20.2. The van der Waals surface area contributed by atoms with Gasteiger partial charge in [0, 0.05) is 51.2 Å². The molecule has 0 unspecified atom stereocenters. The molecule has 3 aliphatic heterocycles. The summed E-state index contributed by atoms with van der Waals surface area (Å²) in [6.07, 6.45) is 5.39. The number of carbonyl (C=O) groups excluding carboxylic acids is 3. The number of rotatable bonds is 7. The summed E-state index contributed by atoms with van der Waals surface area (Å²) in [5, 5.41) is 15.6. The van der Waals surface area contributed by atoms with E-state index < -0.39 is 12.1 Å². The van der Waals surface area contributed by atoms with Crippen LogP contribution in [0.5, 0.6) is 0 Å². The Hall–Kier alpha value is -4.08. The molecule has 0 spiro atoms. The van der Waals surface area contributed by atoms with Crippen LogP contribution in [0, 0.1) is 11.3 Å². The Kier molecular flexibility index (Phi) is 7.99. The number of ether oxygens (including phenoxy) is 2. The molecule has 5 rings (SSSR count). The summed E-state index contributed by atoms with van der Waals surface area (Å²) in [5.41, 5.74) is 2.58. The fraction of sp³-hybridized carbons (Fsp3) is 0.481. The number of nitrogens with one attached hydrogen (secondary N) is 2. The summed E-state index contributed by atoms with van der Waals surface area (Å²) in [4.78, 5) is 49.8. The summed E-state index contributed by atoms with van der Waals surface area (Å²) >= 11 is 0. The van der Waals surface area contributed by atoms with Gasteiger partial charge in [0.15, 0.2) is 6.29 Å². The monoisotopic (exact) mass is 533 g/mol. The number of hydrogen-bond donors (Lipinski definition) is 2. The standard InChI is InChI=1S/C27H31N7O5/c1-33(26(36)23-5-3-8-39-23)14-18-10-17-4-2-7-34(25(17)31-22(18)15-35)27(37)32-24-11-21(19(12-28)13-29-24)30-20-6-9-38-16-20/h10-11,13,15,20,23H,2-9,14,16H2,1H3,(H2,29,30,32,37)/t20-,23+/m0/s1. The first-order chi connectivity index (χ1) is 19.0. The molecule has 3 amide bonds. The second-order valence-corrected chi connectivity index (χ2v) is 9.95. The molecule has 2 N–H and O–H groups in total. The maximum atomic E-state index is 13.3. The lowest BCUT2D eigenvalue weighted by atomic mass is 10.0. The molecule has 2 saturated heterocycles. The molecule has 39 heavy (non-hydrogen) atoms. The molecule has 2 fully saturated rings. The number of carbonyl (C=O) groups is 3. The largest absolute Gasteiger partial charge is 0.379 e. The van der Waals surface area contributed by atoms with Crippen LogP contribution >= 0.6 is 0 Å². The highest BCUT2D eigenvalue weighted by molar-refractivity contribution is 6.02. The van der Waals surface area contributed by atoms with Gasteiger partial charge >= 0.3 is 6.03 Å². The van der Waals surface area contributed by atoms with Gasteiger partial charge in [-0.2, -0.15) is 5.26 Å². The zero-order valence-corrected chi connectivity index (χ0v) is 21.8. The summed E-state index contributed by atoms with van der Waals surface area (Å²) in [5.74, 6) is 0.578. The Morgan fingerprint density at radius 1 is 1.28 bits per heavy atom. The maximum absolute atomic E-state index is 13.3. The number of urea groups is 1. The molecular weight excluding hydrogens is 502 g/mol. The molecule has 12 heteroatoms. The van der Waals surface area contributed by atoms with E-state index in [0.717, 1.165) is 18.4 Å². The topological polar surface area (TPSA) is 150 Å². The lowest BCUT2D eigenvalue weighted by Gasteiger charge is -2.29. The second-order valence-electron chi connectivity index (χ2n) is 9.95. The molecule has 204 valence electrons. The molecule has 5 heterocycles. The van der Waals surface area contributed by atoms with Crippen molar-refractivity contribution in [3.05, 3.63) is 40.7 Å². The van der Waals surface area contributed by atoms with Gasteiger partial charge in [0.25, 0.3) is 5.91 Å². The number of nitriles is 1. The maximum Gasteiger partial charge on any atom is 0.328 e. The van der Waals surface area contributed by atoms with Crippen molar-refractivity contribution in [1.82, 2.24) is 14.9 Å². The first kappa shape index (κ1) is 26.5. The lowest BCUT2D eigenvalue weighted by Crippen LogP contribution is -2.40. The molecule has 0 aliphatic carbocycles. The molecule has 0 aromatic carbocycles. The van der Waals surface area contributed by atoms with E-state index in [9.17, 15) is 19.6 Å². The van der Waals surface area contributed by atoms with Gasteiger partial charge in [-0.15, -0.1) is 0 Å². The van der Waals surface area contributed by atoms with Gasteiger partial charge in [0.2, 0.25) is 0 Å². The minimum Gasteiger partial charge on any atom is -0.379 e. The zero-order valence-electron chi connectivity index (χ0n) is 21.8. The number of hydrogen-bond acceptors (Lipinski definition) is 9. The SMILES string of the molecule is CN(Cc1cc2c(nc1C=O)N(C(=O)Nc1cc(N[C@H]3CCOC3)c(C#N)cn1)CCC2)C(=O)[C@H]1CCCO1. The van der Waals surface area contributed by atoms with E-state index in [-0.39, 0.29) is 30.0 Å². The minimum absolute atomic E-state index is 0.0807. The van der Waals surface area contributed by atoms with Crippen molar-refractivity contribution in [3.63, 3.8) is 0 Å². The summed E-state index contributed by atoms with van der Waals surface area (Å²) in [6.45, 7) is 2.41. The van der Waals surface area contributed by atoms with Gasteiger partial charge in [-0.1, -0.05) is 0 Å². The van der Waals surface area contributed by atoms with Crippen molar-refractivity contribution in [2.24, 2.45) is 0 Å². The van der Waals surface area contributed by atoms with Gasteiger partial charge in [0.05, 0.1) is 23.9 Å². The molecule has 12 nitrogen and oxygen atoms in total. The van der Waals surface area contributed by atoms with E-state index in [1.54, 1.807) is 18.0 Å². The number of aryl methyl sites for hydroxylation is 1. The third-order valence-corrected chi connectivity index (χ3v) is 7.17. The van der Waals surface area contributed by atoms with Crippen LogP contribution < -0.4 is 15.5 Å². The van der Waals surface area contributed by atoms with E-state index >= 15 is 0 Å². The van der Waals surface area contributed by atoms with Crippen LogP contribution in [-0.4, -0.2) is 78.7 Å². The first-order valence-electron chi connectivity index (χ1n) is 13.1. The van der Waals surface area contributed by atoms with E-state index in [0.29, 0.717) is 74.5 Å². The Labute approximate surface area is 226 Å². The predicted octanol–water partition coefficient (Wildman–Crippen LogP) is 2.48. The van der Waals surface area contributed by atoms with Crippen molar-refractivity contribution < 1.29 is 23.9 Å².